The molecule has 4 heterocycles. The zero-order valence-corrected chi connectivity index (χ0v) is 24.6. The van der Waals surface area contributed by atoms with Crippen LogP contribution >= 0.6 is 23.8 Å². The van der Waals surface area contributed by atoms with Crippen LogP contribution in [0.3, 0.4) is 0 Å². The average Bonchev–Trinajstić information content (AvgIpc) is 3.62. The van der Waals surface area contributed by atoms with Gasteiger partial charge in [0.1, 0.15) is 6.04 Å². The van der Waals surface area contributed by atoms with Gasteiger partial charge in [0.2, 0.25) is 0 Å². The zero-order chi connectivity index (χ0) is 28.5. The molecule has 0 saturated carbocycles. The second-order valence-electron chi connectivity index (χ2n) is 10.6. The van der Waals surface area contributed by atoms with Crippen molar-refractivity contribution in [2.75, 3.05) is 30.0 Å². The molecule has 2 aromatic carbocycles. The van der Waals surface area contributed by atoms with Crippen LogP contribution in [-0.2, 0) is 4.74 Å². The molecule has 0 spiro atoms. The number of rotatable bonds is 6. The van der Waals surface area contributed by atoms with Gasteiger partial charge < -0.3 is 24.4 Å². The highest BCUT2D eigenvalue weighted by Gasteiger charge is 2.42. The molecule has 0 unspecified atom stereocenters. The summed E-state index contributed by atoms with van der Waals surface area (Å²) in [6.07, 6.45) is 6.16. The van der Waals surface area contributed by atoms with Gasteiger partial charge >= 0.3 is 5.97 Å². The van der Waals surface area contributed by atoms with Crippen LogP contribution in [0, 0.1) is 5.92 Å². The predicted molar refractivity (Wildman–Crippen MR) is 167 cm³/mol. The lowest BCUT2D eigenvalue weighted by Crippen LogP contribution is -2.33. The molecule has 0 radical (unpaired) electrons. The smallest absolute Gasteiger partial charge is 0.337 e. The topological polar surface area (TPSA) is 62.6 Å². The molecule has 7 nitrogen and oxygen atoms in total. The fraction of sp³-hybridized carbons (Fsp3) is 0.281. The SMILES string of the molecule is COC(=O)c1ccc(-n2cccc2[C@H]2[C@@H](c3ccccn3)NC(=S)N2c2ccc(N3CCC(C)CC3)c(Cl)c2)cc1. The van der Waals surface area contributed by atoms with Crippen LogP contribution in [0.5, 0.6) is 0 Å². The minimum Gasteiger partial charge on any atom is -0.465 e. The molecule has 2 aromatic heterocycles. The molecule has 2 fully saturated rings. The summed E-state index contributed by atoms with van der Waals surface area (Å²) >= 11 is 12.9. The molecule has 0 bridgehead atoms. The Morgan fingerprint density at radius 3 is 2.46 bits per heavy atom. The summed E-state index contributed by atoms with van der Waals surface area (Å²) in [4.78, 5) is 21.2. The summed E-state index contributed by atoms with van der Waals surface area (Å²) < 4.78 is 7.00. The largest absolute Gasteiger partial charge is 0.465 e. The third kappa shape index (κ3) is 5.29. The number of nitrogens with zero attached hydrogens (tertiary/aromatic N) is 4. The van der Waals surface area contributed by atoms with Crippen molar-refractivity contribution in [1.29, 1.82) is 0 Å². The van der Waals surface area contributed by atoms with Gasteiger partial charge in [-0.15, -0.1) is 0 Å². The highest BCUT2D eigenvalue weighted by Crippen LogP contribution is 2.44. The van der Waals surface area contributed by atoms with Crippen molar-refractivity contribution in [1.82, 2.24) is 14.9 Å². The number of piperidine rings is 1. The van der Waals surface area contributed by atoms with Gasteiger partial charge in [-0.1, -0.05) is 24.6 Å². The quantitative estimate of drug-likeness (QED) is 0.199. The lowest BCUT2D eigenvalue weighted by molar-refractivity contribution is 0.0600. The highest BCUT2D eigenvalue weighted by atomic mass is 35.5. The second kappa shape index (κ2) is 11.5. The van der Waals surface area contributed by atoms with Gasteiger partial charge in [0.15, 0.2) is 5.11 Å². The van der Waals surface area contributed by atoms with Crippen LogP contribution in [0.25, 0.3) is 5.69 Å². The van der Waals surface area contributed by atoms with E-state index in [2.05, 4.69) is 49.8 Å². The van der Waals surface area contributed by atoms with E-state index < -0.39 is 0 Å². The summed E-state index contributed by atoms with van der Waals surface area (Å²) in [7, 11) is 1.38. The third-order valence-electron chi connectivity index (χ3n) is 8.08. The standard InChI is InChI=1S/C32H32ClN5O2S/c1-21-14-18-36(19-15-21)27-13-12-24(20-25(27)33)38-30(29(35-32(38)41)26-6-3-4-16-34-26)28-7-5-17-37(28)23-10-8-22(9-11-23)31(39)40-2/h3-13,16-17,20-21,29-30H,14-15,18-19H2,1-2H3,(H,35,41)/t29-,30+/m1/s1. The average molecular weight is 586 g/mol. The van der Waals surface area contributed by atoms with Gasteiger partial charge in [0.05, 0.1) is 35.1 Å². The number of aromatic nitrogens is 2. The van der Waals surface area contributed by atoms with Crippen LogP contribution < -0.4 is 15.1 Å². The first kappa shape index (κ1) is 27.3. The number of pyridine rings is 1. The molecular weight excluding hydrogens is 554 g/mol. The molecule has 2 aliphatic heterocycles. The number of thiocarbonyl (C=S) groups is 1. The molecule has 2 saturated heterocycles. The molecule has 2 atom stereocenters. The van der Waals surface area contributed by atoms with E-state index in [0.717, 1.165) is 47.5 Å². The van der Waals surface area contributed by atoms with Gasteiger partial charge in [0.25, 0.3) is 0 Å². The van der Waals surface area contributed by atoms with E-state index in [-0.39, 0.29) is 18.1 Å². The maximum Gasteiger partial charge on any atom is 0.337 e. The Bertz CT molecular complexity index is 1550. The summed E-state index contributed by atoms with van der Waals surface area (Å²) in [5.41, 5.74) is 5.30. The first-order chi connectivity index (χ1) is 19.9. The molecule has 41 heavy (non-hydrogen) atoms. The van der Waals surface area contributed by atoms with E-state index in [1.165, 1.54) is 20.0 Å². The number of benzene rings is 2. The number of hydrogen-bond acceptors (Lipinski definition) is 5. The Morgan fingerprint density at radius 1 is 1.02 bits per heavy atom. The van der Waals surface area contributed by atoms with Crippen LogP contribution in [0.15, 0.2) is 85.2 Å². The Labute approximate surface area is 250 Å². The van der Waals surface area contributed by atoms with Crippen LogP contribution in [0.2, 0.25) is 5.02 Å². The van der Waals surface area contributed by atoms with Gasteiger partial charge in [-0.3, -0.25) is 4.98 Å². The van der Waals surface area contributed by atoms with E-state index in [9.17, 15) is 4.79 Å². The summed E-state index contributed by atoms with van der Waals surface area (Å²) in [6, 6.07) is 23.3. The summed E-state index contributed by atoms with van der Waals surface area (Å²) in [6.45, 7) is 4.33. The number of hydrogen-bond donors (Lipinski definition) is 1. The molecule has 6 rings (SSSR count). The molecule has 2 aliphatic rings. The maximum atomic E-state index is 12.0. The van der Waals surface area contributed by atoms with E-state index in [4.69, 9.17) is 28.6 Å². The number of carbonyl (C=O) groups is 1. The zero-order valence-electron chi connectivity index (χ0n) is 23.0. The molecule has 4 aromatic rings. The lowest BCUT2D eigenvalue weighted by atomic mass is 9.98. The monoisotopic (exact) mass is 585 g/mol. The summed E-state index contributed by atoms with van der Waals surface area (Å²) in [5.74, 6) is 0.380. The van der Waals surface area contributed by atoms with Gasteiger partial charge in [0, 0.05) is 42.6 Å². The second-order valence-corrected chi connectivity index (χ2v) is 11.4. The molecule has 210 valence electrons. The first-order valence-corrected chi connectivity index (χ1v) is 14.6. The Hall–Kier alpha value is -3.88. The van der Waals surface area contributed by atoms with Crippen LogP contribution in [0.4, 0.5) is 11.4 Å². The van der Waals surface area contributed by atoms with Gasteiger partial charge in [-0.2, -0.15) is 0 Å². The molecule has 0 amide bonds. The van der Waals surface area contributed by atoms with Gasteiger partial charge in [-0.05, 0) is 97.7 Å². The summed E-state index contributed by atoms with van der Waals surface area (Å²) in [5, 5.41) is 4.86. The minimum atomic E-state index is -0.365. The molecule has 1 N–H and O–H groups in total. The van der Waals surface area contributed by atoms with Crippen molar-refractivity contribution in [2.24, 2.45) is 5.92 Å². The molecule has 9 heteroatoms. The van der Waals surface area contributed by atoms with Crippen molar-refractivity contribution in [3.63, 3.8) is 0 Å². The predicted octanol–water partition coefficient (Wildman–Crippen LogP) is 6.73. The van der Waals surface area contributed by atoms with E-state index >= 15 is 0 Å². The van der Waals surface area contributed by atoms with Crippen molar-refractivity contribution in [2.45, 2.75) is 31.8 Å². The Balaban J connectivity index is 1.40. The molecular formula is C32H32ClN5O2S. The van der Waals surface area contributed by atoms with Crippen molar-refractivity contribution >= 4 is 46.3 Å². The number of carbonyl (C=O) groups excluding carboxylic acids is 1. The highest BCUT2D eigenvalue weighted by molar-refractivity contribution is 7.80. The van der Waals surface area contributed by atoms with E-state index in [1.54, 1.807) is 18.3 Å². The van der Waals surface area contributed by atoms with Crippen molar-refractivity contribution in [3.8, 4) is 5.69 Å². The number of halogens is 1. The maximum absolute atomic E-state index is 12.0. The Morgan fingerprint density at radius 2 is 1.78 bits per heavy atom. The number of nitrogens with one attached hydrogen (secondary N) is 1. The number of methoxy groups -OCH3 is 1. The van der Waals surface area contributed by atoms with Crippen molar-refractivity contribution < 1.29 is 9.53 Å². The van der Waals surface area contributed by atoms with Crippen LogP contribution in [0.1, 0.15) is 53.6 Å². The fourth-order valence-corrected chi connectivity index (χ4v) is 6.47. The van der Waals surface area contributed by atoms with Gasteiger partial charge in [-0.25, -0.2) is 4.79 Å². The van der Waals surface area contributed by atoms with Crippen molar-refractivity contribution in [3.05, 3.63) is 107 Å². The number of anilines is 2. The normalized spacial score (nSPS) is 19.3. The van der Waals surface area contributed by atoms with E-state index in [1.807, 2.05) is 48.7 Å². The van der Waals surface area contributed by atoms with E-state index in [0.29, 0.717) is 15.7 Å². The Kier molecular flexibility index (Phi) is 7.69. The minimum absolute atomic E-state index is 0.200. The first-order valence-electron chi connectivity index (χ1n) is 13.9. The third-order valence-corrected chi connectivity index (χ3v) is 8.70. The molecule has 0 aliphatic carbocycles. The van der Waals surface area contributed by atoms with Crippen LogP contribution in [-0.4, -0.2) is 40.8 Å². The fourth-order valence-electron chi connectivity index (χ4n) is 5.83. The number of ether oxygens (including phenoxy) is 1. The number of esters is 1. The lowest BCUT2D eigenvalue weighted by Gasteiger charge is -2.33.